The van der Waals surface area contributed by atoms with Gasteiger partial charge in [-0.15, -0.1) is 10.2 Å². The van der Waals surface area contributed by atoms with Crippen LogP contribution in [0.1, 0.15) is 55.5 Å². The summed E-state index contributed by atoms with van der Waals surface area (Å²) in [5.41, 5.74) is 7.69. The lowest BCUT2D eigenvalue weighted by Crippen LogP contribution is -2.34. The average Bonchev–Trinajstić information content (AvgIpc) is 3.38. The van der Waals surface area contributed by atoms with Gasteiger partial charge in [0.05, 0.1) is 23.7 Å². The summed E-state index contributed by atoms with van der Waals surface area (Å²) < 4.78 is 3.70. The second kappa shape index (κ2) is 11.9. The summed E-state index contributed by atoms with van der Waals surface area (Å²) in [6.45, 7) is 5.52. The van der Waals surface area contributed by atoms with E-state index in [0.717, 1.165) is 75.9 Å². The molecule has 45 heavy (non-hydrogen) atoms. The lowest BCUT2D eigenvalue weighted by Gasteiger charge is -2.26. The van der Waals surface area contributed by atoms with Crippen molar-refractivity contribution in [1.82, 2.24) is 44.8 Å². The average molecular weight is 600 g/mol. The van der Waals surface area contributed by atoms with E-state index < -0.39 is 0 Å². The molecule has 0 saturated heterocycles. The summed E-state index contributed by atoms with van der Waals surface area (Å²) in [5.74, 6) is 2.12. The molecule has 0 unspecified atom stereocenters. The van der Waals surface area contributed by atoms with Gasteiger partial charge >= 0.3 is 0 Å². The molecule has 0 radical (unpaired) electrons. The second-order valence-corrected chi connectivity index (χ2v) is 12.6. The molecular formula is C34H37N11. The highest BCUT2D eigenvalue weighted by molar-refractivity contribution is 5.82. The molecule has 2 aliphatic rings. The summed E-state index contributed by atoms with van der Waals surface area (Å²) in [6.07, 6.45) is 13.8. The summed E-state index contributed by atoms with van der Waals surface area (Å²) >= 11 is 0. The van der Waals surface area contributed by atoms with E-state index >= 15 is 0 Å². The molecule has 2 saturated carbocycles. The molecule has 2 aliphatic carbocycles. The Morgan fingerprint density at radius 2 is 1.91 bits per heavy atom. The first kappa shape index (κ1) is 28.8. The summed E-state index contributed by atoms with van der Waals surface area (Å²) in [6, 6.07) is 13.3. The van der Waals surface area contributed by atoms with Gasteiger partial charge in [-0.25, -0.2) is 9.67 Å². The van der Waals surface area contributed by atoms with E-state index in [2.05, 4.69) is 63.1 Å². The maximum atomic E-state index is 9.36. The minimum Gasteiger partial charge on any atom is -0.369 e. The zero-order valence-corrected chi connectivity index (χ0v) is 26.0. The molecule has 7 rings (SSSR count). The number of hydrogen-bond acceptors (Lipinski definition) is 9. The highest BCUT2D eigenvalue weighted by atomic mass is 15.3. The van der Waals surface area contributed by atoms with Crippen molar-refractivity contribution in [3.63, 3.8) is 0 Å². The van der Waals surface area contributed by atoms with Crippen LogP contribution in [0.15, 0.2) is 55.2 Å². The van der Waals surface area contributed by atoms with E-state index in [4.69, 9.17) is 15.1 Å². The fourth-order valence-corrected chi connectivity index (χ4v) is 5.81. The standard InChI is InChI=1S/C34H37N11/c1-22-7-8-27(17-37-26-5-4-6-26)41-32(22)25-16-40-45(19-25)31-15-24(14-30(42-31)38-20-34(9-10-34)11-12-35)28-13-23(2)36-18-29(28)33-43-39-21-44(33)3/h7-8,13-16,18-19,21,26,37H,4-6,9-11,17,20H2,1-3H3,(H,38,42). The van der Waals surface area contributed by atoms with Gasteiger partial charge in [-0.2, -0.15) is 10.4 Å². The molecule has 0 atom stereocenters. The molecule has 2 N–H and O–H groups in total. The van der Waals surface area contributed by atoms with E-state index in [1.807, 2.05) is 47.9 Å². The van der Waals surface area contributed by atoms with Crippen molar-refractivity contribution >= 4 is 5.82 Å². The van der Waals surface area contributed by atoms with Crippen molar-refractivity contribution in [3.8, 4) is 45.7 Å². The van der Waals surface area contributed by atoms with E-state index in [1.54, 1.807) is 6.33 Å². The van der Waals surface area contributed by atoms with Crippen molar-refractivity contribution < 1.29 is 0 Å². The maximum Gasteiger partial charge on any atom is 0.165 e. The minimum absolute atomic E-state index is 0.0181. The van der Waals surface area contributed by atoms with E-state index in [0.29, 0.717) is 24.8 Å². The summed E-state index contributed by atoms with van der Waals surface area (Å²) in [7, 11) is 1.92. The molecule has 5 heterocycles. The first-order valence-corrected chi connectivity index (χ1v) is 15.6. The smallest absolute Gasteiger partial charge is 0.165 e. The molecule has 0 aromatic carbocycles. The number of anilines is 1. The molecule has 5 aromatic heterocycles. The van der Waals surface area contributed by atoms with Crippen LogP contribution >= 0.6 is 0 Å². The Labute approximate surface area is 262 Å². The van der Waals surface area contributed by atoms with E-state index in [9.17, 15) is 5.26 Å². The normalized spacial score (nSPS) is 15.4. The van der Waals surface area contributed by atoms with Crippen molar-refractivity contribution in [2.24, 2.45) is 12.5 Å². The van der Waals surface area contributed by atoms with Gasteiger partial charge in [-0.3, -0.25) is 9.97 Å². The second-order valence-electron chi connectivity index (χ2n) is 12.6. The molecule has 0 bridgehead atoms. The number of aromatic nitrogens is 8. The predicted molar refractivity (Wildman–Crippen MR) is 172 cm³/mol. The predicted octanol–water partition coefficient (Wildman–Crippen LogP) is 5.55. The Morgan fingerprint density at radius 3 is 2.64 bits per heavy atom. The number of nitrogens with one attached hydrogen (secondary N) is 2. The molecular weight excluding hydrogens is 562 g/mol. The molecule has 5 aromatic rings. The Balaban J connectivity index is 1.26. The number of pyridine rings is 3. The van der Waals surface area contributed by atoms with Crippen LogP contribution in [0.25, 0.3) is 39.6 Å². The monoisotopic (exact) mass is 599 g/mol. The quantitative estimate of drug-likeness (QED) is 0.200. The van der Waals surface area contributed by atoms with Crippen LogP contribution in [0.5, 0.6) is 0 Å². The first-order valence-electron chi connectivity index (χ1n) is 15.6. The fraction of sp³-hybridized carbons (Fsp3) is 0.382. The minimum atomic E-state index is 0.0181. The van der Waals surface area contributed by atoms with Crippen LogP contribution in [-0.4, -0.2) is 52.1 Å². The molecule has 228 valence electrons. The largest absolute Gasteiger partial charge is 0.369 e. The van der Waals surface area contributed by atoms with Gasteiger partial charge in [0.25, 0.3) is 0 Å². The highest BCUT2D eigenvalue weighted by Gasteiger charge is 2.42. The Kier molecular flexibility index (Phi) is 7.59. The number of nitrogens with zero attached hydrogens (tertiary/aromatic N) is 9. The van der Waals surface area contributed by atoms with Gasteiger partial charge < -0.3 is 15.2 Å². The number of rotatable bonds is 11. The van der Waals surface area contributed by atoms with Crippen molar-refractivity contribution in [2.75, 3.05) is 11.9 Å². The molecule has 0 amide bonds. The number of nitriles is 1. The zero-order chi connectivity index (χ0) is 31.0. The van der Waals surface area contributed by atoms with Gasteiger partial charge in [0, 0.05) is 67.2 Å². The number of hydrogen-bond donors (Lipinski definition) is 2. The van der Waals surface area contributed by atoms with Gasteiger partial charge in [-0.1, -0.05) is 12.5 Å². The molecule has 0 aliphatic heterocycles. The topological polar surface area (TPSA) is 135 Å². The molecule has 0 spiro atoms. The van der Waals surface area contributed by atoms with Crippen LogP contribution in [0.2, 0.25) is 0 Å². The Morgan fingerprint density at radius 1 is 1.04 bits per heavy atom. The third-order valence-corrected chi connectivity index (χ3v) is 9.09. The highest BCUT2D eigenvalue weighted by Crippen LogP contribution is 2.48. The first-order chi connectivity index (χ1) is 21.9. The number of aryl methyl sites for hydroxylation is 3. The zero-order valence-electron chi connectivity index (χ0n) is 26.0. The van der Waals surface area contributed by atoms with E-state index in [-0.39, 0.29) is 5.41 Å². The lowest BCUT2D eigenvalue weighted by atomic mass is 9.93. The third kappa shape index (κ3) is 6.06. The Hall–Kier alpha value is -4.95. The van der Waals surface area contributed by atoms with Crippen LogP contribution in [0.4, 0.5) is 5.82 Å². The van der Waals surface area contributed by atoms with Gasteiger partial charge in [0.2, 0.25) is 0 Å². The summed E-state index contributed by atoms with van der Waals surface area (Å²) in [5, 5.41) is 29.7. The van der Waals surface area contributed by atoms with Gasteiger partial charge in [0.1, 0.15) is 12.1 Å². The van der Waals surface area contributed by atoms with Crippen molar-refractivity contribution in [1.29, 1.82) is 5.26 Å². The molecule has 11 nitrogen and oxygen atoms in total. The van der Waals surface area contributed by atoms with E-state index in [1.165, 1.54) is 19.3 Å². The lowest BCUT2D eigenvalue weighted by molar-refractivity contribution is 0.337. The van der Waals surface area contributed by atoms with Gasteiger partial charge in [0.15, 0.2) is 11.6 Å². The van der Waals surface area contributed by atoms with Crippen molar-refractivity contribution in [2.45, 2.75) is 65.0 Å². The van der Waals surface area contributed by atoms with Crippen LogP contribution in [0, 0.1) is 30.6 Å². The molecule has 11 heteroatoms. The van der Waals surface area contributed by atoms with Crippen LogP contribution in [0.3, 0.4) is 0 Å². The SMILES string of the molecule is Cc1cc(-c2cc(NCC3(CC#N)CC3)nc(-n3cc(-c4nc(CNC5CCC5)ccc4C)cn3)c2)c(-c2nncn2C)cn1. The third-order valence-electron chi connectivity index (χ3n) is 9.09. The fourth-order valence-electron chi connectivity index (χ4n) is 5.81. The maximum absolute atomic E-state index is 9.36. The van der Waals surface area contributed by atoms with Gasteiger partial charge in [-0.05, 0) is 80.5 Å². The van der Waals surface area contributed by atoms with Crippen LogP contribution in [-0.2, 0) is 13.6 Å². The molecule has 2 fully saturated rings. The summed E-state index contributed by atoms with van der Waals surface area (Å²) in [4.78, 5) is 14.6. The van der Waals surface area contributed by atoms with Crippen molar-refractivity contribution in [3.05, 3.63) is 72.2 Å². The Bertz CT molecular complexity index is 1890. The van der Waals surface area contributed by atoms with Crippen LogP contribution < -0.4 is 10.6 Å².